The molecule has 0 aliphatic heterocycles. The second-order valence-corrected chi connectivity index (χ2v) is 5.19. The Kier molecular flexibility index (Phi) is 3.96. The van der Waals surface area contributed by atoms with E-state index < -0.39 is 0 Å². The first-order valence-corrected chi connectivity index (χ1v) is 6.55. The maximum Gasteiger partial charge on any atom is 0.116 e. The van der Waals surface area contributed by atoms with Gasteiger partial charge in [-0.3, -0.25) is 0 Å². The molecule has 2 aromatic rings. The average Bonchev–Trinajstić information content (AvgIpc) is 2.41. The fourth-order valence-electron chi connectivity index (χ4n) is 2.05. The lowest BCUT2D eigenvalue weighted by Gasteiger charge is -2.20. The Morgan fingerprint density at radius 1 is 1.00 bits per heavy atom. The van der Waals surface area contributed by atoms with E-state index >= 15 is 0 Å². The molecule has 19 heavy (non-hydrogen) atoms. The van der Waals surface area contributed by atoms with Crippen LogP contribution in [-0.2, 0) is 0 Å². The summed E-state index contributed by atoms with van der Waals surface area (Å²) in [5.41, 5.74) is 5.68. The number of aryl methyl sites for hydroxylation is 1. The van der Waals surface area contributed by atoms with Crippen LogP contribution in [0.3, 0.4) is 0 Å². The van der Waals surface area contributed by atoms with Crippen molar-refractivity contribution in [1.29, 1.82) is 0 Å². The predicted octanol–water partition coefficient (Wildman–Crippen LogP) is 3.38. The second kappa shape index (κ2) is 5.49. The number of aromatic nitrogens is 2. The minimum absolute atomic E-state index is 0.419. The molecule has 3 heteroatoms. The molecule has 0 fully saturated rings. The van der Waals surface area contributed by atoms with E-state index in [9.17, 15) is 0 Å². The number of hydrogen-bond donors (Lipinski definition) is 0. The second-order valence-electron chi connectivity index (χ2n) is 5.19. The number of hydrogen-bond acceptors (Lipinski definition) is 3. The molecule has 1 aromatic heterocycles. The third-order valence-corrected chi connectivity index (χ3v) is 3.78. The lowest BCUT2D eigenvalue weighted by Crippen LogP contribution is -2.16. The van der Waals surface area contributed by atoms with Gasteiger partial charge < -0.3 is 4.90 Å². The summed E-state index contributed by atoms with van der Waals surface area (Å²) >= 11 is 0. The van der Waals surface area contributed by atoms with Gasteiger partial charge in [0, 0.05) is 17.3 Å². The molecule has 0 spiro atoms. The van der Waals surface area contributed by atoms with Crippen molar-refractivity contribution < 1.29 is 0 Å². The van der Waals surface area contributed by atoms with Crippen molar-refractivity contribution in [2.45, 2.75) is 26.8 Å². The van der Waals surface area contributed by atoms with E-state index in [-0.39, 0.29) is 0 Å². The Hall–Kier alpha value is -1.74. The van der Waals surface area contributed by atoms with E-state index in [4.69, 9.17) is 0 Å². The lowest BCUT2D eigenvalue weighted by atomic mass is 10.0. The molecule has 0 aliphatic rings. The Morgan fingerprint density at radius 2 is 1.63 bits per heavy atom. The van der Waals surface area contributed by atoms with Gasteiger partial charge in [-0.2, -0.15) is 0 Å². The van der Waals surface area contributed by atoms with Crippen molar-refractivity contribution in [3.05, 3.63) is 47.4 Å². The molecule has 0 N–H and O–H groups in total. The van der Waals surface area contributed by atoms with Crippen LogP contribution >= 0.6 is 0 Å². The van der Waals surface area contributed by atoms with Crippen molar-refractivity contribution in [2.24, 2.45) is 0 Å². The summed E-state index contributed by atoms with van der Waals surface area (Å²) in [6.07, 6.45) is 1.63. The van der Waals surface area contributed by atoms with Crippen molar-refractivity contribution in [3.8, 4) is 11.3 Å². The Morgan fingerprint density at radius 3 is 2.21 bits per heavy atom. The zero-order valence-electron chi connectivity index (χ0n) is 12.3. The standard InChI is InChI=1S/C16H21N3/c1-11-12(2)17-10-18-16(11)15-8-6-14(7-9-15)13(3)19(4)5/h6-10,13H,1-5H3/t13-/m1/s1. The minimum atomic E-state index is 0.419. The van der Waals surface area contributed by atoms with Crippen LogP contribution in [0.25, 0.3) is 11.3 Å². The molecular weight excluding hydrogens is 234 g/mol. The van der Waals surface area contributed by atoms with Gasteiger partial charge in [0.05, 0.1) is 5.69 Å². The monoisotopic (exact) mass is 255 g/mol. The van der Waals surface area contributed by atoms with Gasteiger partial charge in [-0.1, -0.05) is 24.3 Å². The maximum atomic E-state index is 4.40. The van der Waals surface area contributed by atoms with Crippen LogP contribution in [0, 0.1) is 13.8 Å². The molecule has 0 radical (unpaired) electrons. The molecule has 0 saturated heterocycles. The molecule has 0 aliphatic carbocycles. The van der Waals surface area contributed by atoms with Crippen molar-refractivity contribution in [2.75, 3.05) is 14.1 Å². The van der Waals surface area contributed by atoms with Crippen LogP contribution in [0.2, 0.25) is 0 Å². The van der Waals surface area contributed by atoms with Gasteiger partial charge in [0.1, 0.15) is 6.33 Å². The normalized spacial score (nSPS) is 12.7. The van der Waals surface area contributed by atoms with Gasteiger partial charge in [-0.25, -0.2) is 9.97 Å². The first-order chi connectivity index (χ1) is 9.00. The summed E-state index contributed by atoms with van der Waals surface area (Å²) in [5.74, 6) is 0. The highest BCUT2D eigenvalue weighted by molar-refractivity contribution is 5.63. The molecule has 0 amide bonds. The van der Waals surface area contributed by atoms with Gasteiger partial charge in [0.2, 0.25) is 0 Å². The van der Waals surface area contributed by atoms with Gasteiger partial charge in [-0.15, -0.1) is 0 Å². The SMILES string of the molecule is Cc1ncnc(-c2ccc([C@@H](C)N(C)C)cc2)c1C. The molecule has 0 saturated carbocycles. The minimum Gasteiger partial charge on any atom is -0.303 e. The molecule has 3 nitrogen and oxygen atoms in total. The highest BCUT2D eigenvalue weighted by Gasteiger charge is 2.09. The molecule has 1 aromatic carbocycles. The Labute approximate surface area is 115 Å². The molecule has 0 bridgehead atoms. The smallest absolute Gasteiger partial charge is 0.116 e. The van der Waals surface area contributed by atoms with Gasteiger partial charge in [0.25, 0.3) is 0 Å². The highest BCUT2D eigenvalue weighted by atomic mass is 15.1. The first kappa shape index (κ1) is 13.7. The van der Waals surface area contributed by atoms with Crippen molar-refractivity contribution in [3.63, 3.8) is 0 Å². The molecule has 0 unspecified atom stereocenters. The molecule has 1 atom stereocenters. The van der Waals surface area contributed by atoms with Gasteiger partial charge in [0.15, 0.2) is 0 Å². The first-order valence-electron chi connectivity index (χ1n) is 6.55. The zero-order valence-corrected chi connectivity index (χ0v) is 12.3. The topological polar surface area (TPSA) is 29.0 Å². The fourth-order valence-corrected chi connectivity index (χ4v) is 2.05. The number of rotatable bonds is 3. The fraction of sp³-hybridized carbons (Fsp3) is 0.375. The molecule has 1 heterocycles. The van der Waals surface area contributed by atoms with Crippen LogP contribution < -0.4 is 0 Å². The third kappa shape index (κ3) is 2.82. The van der Waals surface area contributed by atoms with Crippen LogP contribution in [-0.4, -0.2) is 29.0 Å². The van der Waals surface area contributed by atoms with Gasteiger partial charge in [-0.05, 0) is 46.0 Å². The van der Waals surface area contributed by atoms with E-state index in [1.165, 1.54) is 5.56 Å². The maximum absolute atomic E-state index is 4.40. The van der Waals surface area contributed by atoms with Crippen LogP contribution in [0.15, 0.2) is 30.6 Å². The van der Waals surface area contributed by atoms with Crippen LogP contribution in [0.1, 0.15) is 29.8 Å². The van der Waals surface area contributed by atoms with Crippen LogP contribution in [0.5, 0.6) is 0 Å². The van der Waals surface area contributed by atoms with E-state index in [0.29, 0.717) is 6.04 Å². The summed E-state index contributed by atoms with van der Waals surface area (Å²) in [4.78, 5) is 10.8. The molecule has 100 valence electrons. The van der Waals surface area contributed by atoms with Crippen LogP contribution in [0.4, 0.5) is 0 Å². The van der Waals surface area contributed by atoms with E-state index in [1.807, 2.05) is 6.92 Å². The zero-order chi connectivity index (χ0) is 14.0. The predicted molar refractivity (Wildman–Crippen MR) is 79.0 cm³/mol. The highest BCUT2D eigenvalue weighted by Crippen LogP contribution is 2.25. The summed E-state index contributed by atoms with van der Waals surface area (Å²) < 4.78 is 0. The molecular formula is C16H21N3. The summed E-state index contributed by atoms with van der Waals surface area (Å²) in [6.45, 7) is 6.29. The summed E-state index contributed by atoms with van der Waals surface area (Å²) in [5, 5.41) is 0. The van der Waals surface area contributed by atoms with Crippen molar-refractivity contribution >= 4 is 0 Å². The Bertz CT molecular complexity index is 559. The number of benzene rings is 1. The largest absolute Gasteiger partial charge is 0.303 e. The molecule has 2 rings (SSSR count). The van der Waals surface area contributed by atoms with Crippen molar-refractivity contribution in [1.82, 2.24) is 14.9 Å². The number of nitrogens with zero attached hydrogens (tertiary/aromatic N) is 3. The summed E-state index contributed by atoms with van der Waals surface area (Å²) in [6, 6.07) is 9.06. The van der Waals surface area contributed by atoms with E-state index in [0.717, 1.165) is 22.5 Å². The van der Waals surface area contributed by atoms with E-state index in [2.05, 4.69) is 67.1 Å². The Balaban J connectivity index is 2.35. The average molecular weight is 255 g/mol. The summed E-state index contributed by atoms with van der Waals surface area (Å²) in [7, 11) is 4.19. The van der Waals surface area contributed by atoms with Gasteiger partial charge >= 0.3 is 0 Å². The lowest BCUT2D eigenvalue weighted by molar-refractivity contribution is 0.321. The third-order valence-electron chi connectivity index (χ3n) is 3.78. The van der Waals surface area contributed by atoms with E-state index in [1.54, 1.807) is 6.33 Å². The quantitative estimate of drug-likeness (QED) is 0.842.